The molecular formula is C14H12FIN2O. The highest BCUT2D eigenvalue weighted by atomic mass is 127. The summed E-state index contributed by atoms with van der Waals surface area (Å²) in [5.74, 6) is -0.627. The maximum absolute atomic E-state index is 13.0. The fraction of sp³-hybridized carbons (Fsp3) is 0.0714. The zero-order valence-corrected chi connectivity index (χ0v) is 12.4. The average molecular weight is 370 g/mol. The van der Waals surface area contributed by atoms with Crippen molar-refractivity contribution in [1.82, 2.24) is 0 Å². The summed E-state index contributed by atoms with van der Waals surface area (Å²) in [6.45, 7) is 1.82. The van der Waals surface area contributed by atoms with Crippen molar-refractivity contribution >= 4 is 39.9 Å². The van der Waals surface area contributed by atoms with Gasteiger partial charge in [0.05, 0.1) is 11.3 Å². The largest absolute Gasteiger partial charge is 0.398 e. The molecule has 0 heterocycles. The van der Waals surface area contributed by atoms with Crippen molar-refractivity contribution in [2.45, 2.75) is 6.92 Å². The van der Waals surface area contributed by atoms with Gasteiger partial charge in [0.25, 0.3) is 5.91 Å². The molecule has 0 aliphatic carbocycles. The summed E-state index contributed by atoms with van der Waals surface area (Å²) < 4.78 is 13.6. The van der Waals surface area contributed by atoms with Gasteiger partial charge in [-0.25, -0.2) is 4.39 Å². The number of halogens is 2. The maximum Gasteiger partial charge on any atom is 0.258 e. The van der Waals surface area contributed by atoms with Crippen molar-refractivity contribution in [3.63, 3.8) is 0 Å². The van der Waals surface area contributed by atoms with E-state index in [1.54, 1.807) is 12.1 Å². The number of nitrogens with two attached hydrogens (primary N) is 1. The second-order valence-electron chi connectivity index (χ2n) is 4.12. The van der Waals surface area contributed by atoms with E-state index >= 15 is 0 Å². The lowest BCUT2D eigenvalue weighted by molar-refractivity contribution is 0.102. The molecule has 1 amide bonds. The van der Waals surface area contributed by atoms with E-state index in [1.807, 2.05) is 35.6 Å². The fourth-order valence-electron chi connectivity index (χ4n) is 1.78. The van der Waals surface area contributed by atoms with Gasteiger partial charge in [0, 0.05) is 9.26 Å². The number of anilines is 2. The molecule has 0 unspecified atom stereocenters. The van der Waals surface area contributed by atoms with Gasteiger partial charge in [-0.1, -0.05) is 12.1 Å². The molecule has 3 nitrogen and oxygen atoms in total. The van der Waals surface area contributed by atoms with Crippen LogP contribution in [0, 0.1) is 16.3 Å². The quantitative estimate of drug-likeness (QED) is 0.627. The highest BCUT2D eigenvalue weighted by Gasteiger charge is 2.14. The zero-order valence-electron chi connectivity index (χ0n) is 10.2. The van der Waals surface area contributed by atoms with E-state index < -0.39 is 0 Å². The number of carbonyl (C=O) groups is 1. The lowest BCUT2D eigenvalue weighted by Crippen LogP contribution is -2.16. The third-order valence-electron chi connectivity index (χ3n) is 2.71. The van der Waals surface area contributed by atoms with Gasteiger partial charge in [-0.3, -0.25) is 4.79 Å². The second-order valence-corrected chi connectivity index (χ2v) is 5.28. The lowest BCUT2D eigenvalue weighted by Gasteiger charge is -2.11. The number of nitrogen functional groups attached to an aromatic ring is 1. The van der Waals surface area contributed by atoms with Gasteiger partial charge in [-0.05, 0) is 59.3 Å². The van der Waals surface area contributed by atoms with Crippen LogP contribution in [0.2, 0.25) is 0 Å². The summed E-state index contributed by atoms with van der Waals surface area (Å²) in [7, 11) is 0. The Bertz CT molecular complexity index is 623. The molecule has 2 rings (SSSR count). The molecule has 19 heavy (non-hydrogen) atoms. The van der Waals surface area contributed by atoms with Gasteiger partial charge in [-0.15, -0.1) is 0 Å². The van der Waals surface area contributed by atoms with Crippen LogP contribution in [0.5, 0.6) is 0 Å². The standard InChI is InChI=1S/C14H12FIN2O/c1-8-3-2-4-11(17)13(8)14(19)18-12-6-5-9(15)7-10(12)16/h2-7H,17H2,1H3,(H,18,19). The number of amides is 1. The molecular weight excluding hydrogens is 358 g/mol. The minimum absolute atomic E-state index is 0.292. The Morgan fingerprint density at radius 3 is 2.68 bits per heavy atom. The van der Waals surface area contributed by atoms with Crippen LogP contribution >= 0.6 is 22.6 Å². The highest BCUT2D eigenvalue weighted by molar-refractivity contribution is 14.1. The minimum Gasteiger partial charge on any atom is -0.398 e. The van der Waals surface area contributed by atoms with Gasteiger partial charge in [-0.2, -0.15) is 0 Å². The van der Waals surface area contributed by atoms with Gasteiger partial charge in [0.2, 0.25) is 0 Å². The van der Waals surface area contributed by atoms with E-state index in [0.29, 0.717) is 20.5 Å². The first kappa shape index (κ1) is 13.8. The summed E-state index contributed by atoms with van der Waals surface area (Å²) >= 11 is 1.97. The third kappa shape index (κ3) is 3.04. The van der Waals surface area contributed by atoms with Crippen LogP contribution < -0.4 is 11.1 Å². The number of aryl methyl sites for hydroxylation is 1. The molecule has 0 saturated carbocycles. The Balaban J connectivity index is 2.31. The van der Waals surface area contributed by atoms with E-state index in [4.69, 9.17) is 5.73 Å². The second kappa shape index (κ2) is 5.56. The van der Waals surface area contributed by atoms with Crippen LogP contribution in [-0.4, -0.2) is 5.91 Å². The molecule has 2 aromatic carbocycles. The number of hydrogen-bond acceptors (Lipinski definition) is 2. The molecule has 0 saturated heterocycles. The monoisotopic (exact) mass is 370 g/mol. The normalized spacial score (nSPS) is 10.3. The maximum atomic E-state index is 13.0. The van der Waals surface area contributed by atoms with Gasteiger partial charge >= 0.3 is 0 Å². The SMILES string of the molecule is Cc1cccc(N)c1C(=O)Nc1ccc(F)cc1I. The van der Waals surface area contributed by atoms with Crippen molar-refractivity contribution in [2.24, 2.45) is 0 Å². The van der Waals surface area contributed by atoms with Crippen molar-refractivity contribution in [3.8, 4) is 0 Å². The van der Waals surface area contributed by atoms with Gasteiger partial charge in [0.1, 0.15) is 5.82 Å². The molecule has 0 aromatic heterocycles. The predicted octanol–water partition coefficient (Wildman–Crippen LogP) is 3.57. The Labute approximate surface area is 124 Å². The average Bonchev–Trinajstić information content (AvgIpc) is 2.32. The van der Waals surface area contributed by atoms with E-state index in [9.17, 15) is 9.18 Å². The predicted molar refractivity (Wildman–Crippen MR) is 82.7 cm³/mol. The molecule has 0 bridgehead atoms. The van der Waals surface area contributed by atoms with Crippen LogP contribution in [0.1, 0.15) is 15.9 Å². The Hall–Kier alpha value is -1.63. The summed E-state index contributed by atoms with van der Waals surface area (Å²) in [6, 6.07) is 9.49. The minimum atomic E-state index is -0.335. The summed E-state index contributed by atoms with van der Waals surface area (Å²) in [5, 5.41) is 2.74. The molecule has 2 aromatic rings. The Kier molecular flexibility index (Phi) is 4.04. The van der Waals surface area contributed by atoms with Crippen molar-refractivity contribution in [2.75, 3.05) is 11.1 Å². The Morgan fingerprint density at radius 1 is 1.32 bits per heavy atom. The topological polar surface area (TPSA) is 55.1 Å². The summed E-state index contributed by atoms with van der Waals surface area (Å²) in [6.07, 6.45) is 0. The number of carbonyl (C=O) groups excluding carboxylic acids is 1. The molecule has 0 aliphatic rings. The lowest BCUT2D eigenvalue weighted by atomic mass is 10.1. The van der Waals surface area contributed by atoms with E-state index in [1.165, 1.54) is 18.2 Å². The first-order valence-corrected chi connectivity index (χ1v) is 6.68. The van der Waals surface area contributed by atoms with Gasteiger partial charge < -0.3 is 11.1 Å². The van der Waals surface area contributed by atoms with Crippen molar-refractivity contribution < 1.29 is 9.18 Å². The summed E-state index contributed by atoms with van der Waals surface area (Å²) in [5.41, 5.74) is 8.05. The molecule has 0 spiro atoms. The fourth-order valence-corrected chi connectivity index (χ4v) is 2.39. The number of hydrogen-bond donors (Lipinski definition) is 2. The highest BCUT2D eigenvalue weighted by Crippen LogP contribution is 2.22. The molecule has 0 radical (unpaired) electrons. The Morgan fingerprint density at radius 2 is 2.05 bits per heavy atom. The third-order valence-corrected chi connectivity index (χ3v) is 3.60. The first-order chi connectivity index (χ1) is 8.99. The molecule has 5 heteroatoms. The van der Waals surface area contributed by atoms with E-state index in [-0.39, 0.29) is 11.7 Å². The van der Waals surface area contributed by atoms with Crippen LogP contribution in [0.25, 0.3) is 0 Å². The van der Waals surface area contributed by atoms with Crippen molar-refractivity contribution in [3.05, 3.63) is 56.9 Å². The molecule has 98 valence electrons. The molecule has 0 aliphatic heterocycles. The van der Waals surface area contributed by atoms with Crippen LogP contribution in [0.15, 0.2) is 36.4 Å². The van der Waals surface area contributed by atoms with Gasteiger partial charge in [0.15, 0.2) is 0 Å². The molecule has 0 atom stereocenters. The van der Waals surface area contributed by atoms with E-state index in [2.05, 4.69) is 5.32 Å². The van der Waals surface area contributed by atoms with E-state index in [0.717, 1.165) is 5.56 Å². The number of nitrogens with one attached hydrogen (secondary N) is 1. The molecule has 3 N–H and O–H groups in total. The first-order valence-electron chi connectivity index (χ1n) is 5.60. The smallest absolute Gasteiger partial charge is 0.258 e. The van der Waals surface area contributed by atoms with Crippen LogP contribution in [-0.2, 0) is 0 Å². The molecule has 0 fully saturated rings. The van der Waals surface area contributed by atoms with Crippen LogP contribution in [0.4, 0.5) is 15.8 Å². The number of rotatable bonds is 2. The number of benzene rings is 2. The zero-order chi connectivity index (χ0) is 14.0. The van der Waals surface area contributed by atoms with Crippen LogP contribution in [0.3, 0.4) is 0 Å². The van der Waals surface area contributed by atoms with Crippen molar-refractivity contribution in [1.29, 1.82) is 0 Å². The summed E-state index contributed by atoms with van der Waals surface area (Å²) in [4.78, 5) is 12.2.